The van der Waals surface area contributed by atoms with Crippen LogP contribution in [0.5, 0.6) is 0 Å². The normalized spacial score (nSPS) is 16.1. The zero-order chi connectivity index (χ0) is 29.6. The van der Waals surface area contributed by atoms with Crippen LogP contribution >= 0.6 is 0 Å². The molecule has 222 valence electrons. The van der Waals surface area contributed by atoms with Gasteiger partial charge in [0.25, 0.3) is 5.91 Å². The molecule has 0 unspecified atom stereocenters. The fourth-order valence-electron chi connectivity index (χ4n) is 4.99. The SMILES string of the molecule is CC(C)c1nc(-c2ccc(NC(=O)Nc3ccc(C(=O)N4CCN(C(C)C)CC4)cc3)cc2)nc(N2CCOCC2)n1. The lowest BCUT2D eigenvalue weighted by Gasteiger charge is -2.37. The van der Waals surface area contributed by atoms with Crippen molar-refractivity contribution in [3.8, 4) is 11.4 Å². The van der Waals surface area contributed by atoms with Crippen LogP contribution in [-0.4, -0.2) is 95.2 Å². The minimum absolute atomic E-state index is 0.0188. The fourth-order valence-corrected chi connectivity index (χ4v) is 4.99. The van der Waals surface area contributed by atoms with Crippen molar-refractivity contribution in [3.63, 3.8) is 0 Å². The van der Waals surface area contributed by atoms with Crippen molar-refractivity contribution in [2.45, 2.75) is 39.7 Å². The molecule has 42 heavy (non-hydrogen) atoms. The standard InChI is InChI=1S/C31H40N8O3/c1-21(2)27-34-28(36-30(35-27)39-17-19-42-20-18-39)23-5-9-25(10-6-23)32-31(41)33-26-11-7-24(8-12-26)29(40)38-15-13-37(14-16-38)22(3)4/h5-12,21-22H,13-20H2,1-4H3,(H2,32,33,41). The molecule has 2 aromatic carbocycles. The second-order valence-corrected chi connectivity index (χ2v) is 11.2. The maximum Gasteiger partial charge on any atom is 0.323 e. The Morgan fingerprint density at radius 1 is 0.762 bits per heavy atom. The predicted octanol–water partition coefficient (Wildman–Crippen LogP) is 4.31. The third kappa shape index (κ3) is 7.21. The molecule has 11 heteroatoms. The average Bonchev–Trinajstić information content (AvgIpc) is 3.01. The van der Waals surface area contributed by atoms with Crippen molar-refractivity contribution in [1.82, 2.24) is 24.8 Å². The Balaban J connectivity index is 1.18. The van der Waals surface area contributed by atoms with E-state index in [-0.39, 0.29) is 17.9 Å². The first kappa shape index (κ1) is 29.4. The second-order valence-electron chi connectivity index (χ2n) is 11.2. The number of carbonyl (C=O) groups excluding carboxylic acids is 2. The van der Waals surface area contributed by atoms with Crippen LogP contribution in [0.1, 0.15) is 49.8 Å². The highest BCUT2D eigenvalue weighted by molar-refractivity contribution is 6.00. The first-order chi connectivity index (χ1) is 20.3. The fraction of sp³-hybridized carbons (Fsp3) is 0.452. The van der Waals surface area contributed by atoms with Gasteiger partial charge in [-0.2, -0.15) is 9.97 Å². The van der Waals surface area contributed by atoms with E-state index in [0.717, 1.165) is 50.7 Å². The summed E-state index contributed by atoms with van der Waals surface area (Å²) >= 11 is 0. The number of nitrogens with zero attached hydrogens (tertiary/aromatic N) is 6. The van der Waals surface area contributed by atoms with Crippen LogP contribution in [0.15, 0.2) is 48.5 Å². The van der Waals surface area contributed by atoms with Crippen molar-refractivity contribution in [2.24, 2.45) is 0 Å². The van der Waals surface area contributed by atoms with Gasteiger partial charge in [-0.1, -0.05) is 13.8 Å². The highest BCUT2D eigenvalue weighted by Gasteiger charge is 2.23. The van der Waals surface area contributed by atoms with Crippen molar-refractivity contribution >= 4 is 29.3 Å². The van der Waals surface area contributed by atoms with E-state index in [1.54, 1.807) is 24.3 Å². The minimum atomic E-state index is -0.372. The molecule has 0 spiro atoms. The van der Waals surface area contributed by atoms with Gasteiger partial charge in [-0.05, 0) is 62.4 Å². The van der Waals surface area contributed by atoms with Gasteiger partial charge in [0.15, 0.2) is 5.82 Å². The lowest BCUT2D eigenvalue weighted by Crippen LogP contribution is -2.50. The van der Waals surface area contributed by atoms with Gasteiger partial charge < -0.3 is 25.2 Å². The summed E-state index contributed by atoms with van der Waals surface area (Å²) in [6.07, 6.45) is 0. The zero-order valence-corrected chi connectivity index (χ0v) is 24.8. The molecule has 2 N–H and O–H groups in total. The summed E-state index contributed by atoms with van der Waals surface area (Å²) in [4.78, 5) is 46.1. The molecule has 5 rings (SSSR count). The number of amides is 3. The Morgan fingerprint density at radius 3 is 1.93 bits per heavy atom. The summed E-state index contributed by atoms with van der Waals surface area (Å²) < 4.78 is 5.47. The van der Waals surface area contributed by atoms with E-state index in [9.17, 15) is 9.59 Å². The number of rotatable bonds is 7. The monoisotopic (exact) mass is 572 g/mol. The molecule has 3 amide bonds. The maximum atomic E-state index is 12.9. The Morgan fingerprint density at radius 2 is 1.36 bits per heavy atom. The molecule has 2 fully saturated rings. The first-order valence-electron chi connectivity index (χ1n) is 14.7. The Hall–Kier alpha value is -4.09. The van der Waals surface area contributed by atoms with Crippen LogP contribution in [0.25, 0.3) is 11.4 Å². The van der Waals surface area contributed by atoms with Crippen molar-refractivity contribution in [1.29, 1.82) is 0 Å². The molecule has 0 radical (unpaired) electrons. The van der Waals surface area contributed by atoms with Crippen LogP contribution in [0.2, 0.25) is 0 Å². The van der Waals surface area contributed by atoms with Crippen LogP contribution in [0.4, 0.5) is 22.1 Å². The van der Waals surface area contributed by atoms with Crippen LogP contribution in [0, 0.1) is 0 Å². The molecule has 0 bridgehead atoms. The molecule has 2 aliphatic heterocycles. The third-order valence-electron chi connectivity index (χ3n) is 7.57. The topological polar surface area (TPSA) is 116 Å². The number of nitrogens with one attached hydrogen (secondary N) is 2. The lowest BCUT2D eigenvalue weighted by atomic mass is 10.1. The van der Waals surface area contributed by atoms with E-state index >= 15 is 0 Å². The Kier molecular flexibility index (Phi) is 9.28. The molecule has 2 saturated heterocycles. The van der Waals surface area contributed by atoms with E-state index in [4.69, 9.17) is 14.7 Å². The van der Waals surface area contributed by atoms with E-state index in [1.807, 2.05) is 29.2 Å². The molecular formula is C31H40N8O3. The largest absolute Gasteiger partial charge is 0.378 e. The number of ether oxygens (including phenoxy) is 1. The van der Waals surface area contributed by atoms with Gasteiger partial charge >= 0.3 is 6.03 Å². The maximum absolute atomic E-state index is 12.9. The van der Waals surface area contributed by atoms with Crippen LogP contribution < -0.4 is 15.5 Å². The zero-order valence-electron chi connectivity index (χ0n) is 24.8. The minimum Gasteiger partial charge on any atom is -0.378 e. The highest BCUT2D eigenvalue weighted by atomic mass is 16.5. The molecular weight excluding hydrogens is 532 g/mol. The number of carbonyl (C=O) groups is 2. The highest BCUT2D eigenvalue weighted by Crippen LogP contribution is 2.23. The predicted molar refractivity (Wildman–Crippen MR) is 164 cm³/mol. The first-order valence-corrected chi connectivity index (χ1v) is 14.7. The number of benzene rings is 2. The third-order valence-corrected chi connectivity index (χ3v) is 7.57. The number of anilines is 3. The van der Waals surface area contributed by atoms with E-state index in [0.29, 0.717) is 48.0 Å². The van der Waals surface area contributed by atoms with Gasteiger partial charge in [-0.25, -0.2) is 9.78 Å². The number of aromatic nitrogens is 3. The molecule has 0 atom stereocenters. The molecule has 3 heterocycles. The van der Waals surface area contributed by atoms with Crippen LogP contribution in [-0.2, 0) is 4.74 Å². The molecule has 0 aliphatic carbocycles. The molecule has 3 aromatic rings. The van der Waals surface area contributed by atoms with Gasteiger partial charge in [0, 0.05) is 73.7 Å². The van der Waals surface area contributed by atoms with E-state index < -0.39 is 0 Å². The van der Waals surface area contributed by atoms with Crippen LogP contribution in [0.3, 0.4) is 0 Å². The quantitative estimate of drug-likeness (QED) is 0.431. The summed E-state index contributed by atoms with van der Waals surface area (Å²) in [7, 11) is 0. The molecule has 2 aliphatic rings. The lowest BCUT2D eigenvalue weighted by molar-refractivity contribution is 0.0595. The molecule has 11 nitrogen and oxygen atoms in total. The summed E-state index contributed by atoms with van der Waals surface area (Å²) in [5.41, 5.74) is 2.69. The van der Waals surface area contributed by atoms with Gasteiger partial charge in [-0.3, -0.25) is 9.69 Å². The van der Waals surface area contributed by atoms with Gasteiger partial charge in [0.05, 0.1) is 13.2 Å². The van der Waals surface area contributed by atoms with Gasteiger partial charge in [-0.15, -0.1) is 0 Å². The number of hydrogen-bond acceptors (Lipinski definition) is 8. The number of hydrogen-bond donors (Lipinski definition) is 2. The van der Waals surface area contributed by atoms with E-state index in [1.165, 1.54) is 0 Å². The van der Waals surface area contributed by atoms with Gasteiger partial charge in [0.1, 0.15) is 5.82 Å². The van der Waals surface area contributed by atoms with Crippen molar-refractivity contribution in [2.75, 3.05) is 68.0 Å². The van der Waals surface area contributed by atoms with Crippen molar-refractivity contribution in [3.05, 3.63) is 59.9 Å². The van der Waals surface area contributed by atoms with Crippen molar-refractivity contribution < 1.29 is 14.3 Å². The second kappa shape index (κ2) is 13.3. The number of urea groups is 1. The Labute approximate surface area is 247 Å². The molecule has 0 saturated carbocycles. The summed E-state index contributed by atoms with van der Waals surface area (Å²) in [5, 5.41) is 5.69. The number of morpholine rings is 1. The smallest absolute Gasteiger partial charge is 0.323 e. The summed E-state index contributed by atoms with van der Waals surface area (Å²) in [6.45, 7) is 14.5. The Bertz CT molecular complexity index is 1360. The summed E-state index contributed by atoms with van der Waals surface area (Å²) in [5.74, 6) is 2.18. The average molecular weight is 573 g/mol. The number of piperazine rings is 1. The molecule has 1 aromatic heterocycles. The van der Waals surface area contributed by atoms with Gasteiger partial charge in [0.2, 0.25) is 5.95 Å². The summed E-state index contributed by atoms with van der Waals surface area (Å²) in [6, 6.07) is 14.5. The van der Waals surface area contributed by atoms with E-state index in [2.05, 4.69) is 53.1 Å².